The van der Waals surface area contributed by atoms with Crippen LogP contribution in [-0.4, -0.2) is 103 Å². The fourth-order valence-corrected chi connectivity index (χ4v) is 10.1. The molecular formula is C43H63BrN6O6Si2. The van der Waals surface area contributed by atoms with Crippen LogP contribution in [0.2, 0.25) is 51.4 Å². The summed E-state index contributed by atoms with van der Waals surface area (Å²) >= 11 is 4.08. The number of anilines is 1. The second-order valence-corrected chi connectivity index (χ2v) is 31.3. The van der Waals surface area contributed by atoms with Crippen LogP contribution in [0.15, 0.2) is 47.2 Å². The van der Waals surface area contributed by atoms with Gasteiger partial charge < -0.3 is 33.9 Å². The standard InChI is InChI=1S/C43H63BrN6O6Si2/c1-43(2,3)56-42(52)49-33-13-14-34(49)23-31(22-33)39-38(44)41(48(27-54-17-19-57(5,6)7)28-55-18-20-58(8,9)10)50-40(47-39)35(25-46-50)30-11-15-36(45-24-30)29-12-16-37(53-4)32(21-29)26-51/h11-12,15-16,21,24-25,31,33-34,51H,13-14,17-20,22-23,26-28H2,1-10H3/t31?,33-,34+. The number of hydrogen-bond donors (Lipinski definition) is 1. The number of carbonyl (C=O) groups excluding carboxylic acids is 1. The molecule has 58 heavy (non-hydrogen) atoms. The van der Waals surface area contributed by atoms with Crippen molar-refractivity contribution in [1.82, 2.24) is 24.5 Å². The van der Waals surface area contributed by atoms with Gasteiger partial charge in [0.1, 0.15) is 24.8 Å². The third-order valence-corrected chi connectivity index (χ3v) is 15.1. The van der Waals surface area contributed by atoms with Crippen molar-refractivity contribution in [2.24, 2.45) is 0 Å². The molecule has 1 aromatic carbocycles. The van der Waals surface area contributed by atoms with E-state index in [9.17, 15) is 9.90 Å². The molecule has 1 N–H and O–H groups in total. The molecule has 3 atom stereocenters. The normalized spacial score (nSPS) is 18.6. The second kappa shape index (κ2) is 18.1. The fraction of sp³-hybridized carbons (Fsp3) is 0.581. The molecule has 3 aromatic heterocycles. The Balaban J connectivity index is 1.40. The molecule has 2 saturated heterocycles. The number of nitrogens with zero attached hydrogens (tertiary/aromatic N) is 6. The molecule has 0 aliphatic carbocycles. The Labute approximate surface area is 354 Å². The summed E-state index contributed by atoms with van der Waals surface area (Å²) in [5.41, 5.74) is 5.20. The molecule has 2 bridgehead atoms. The average Bonchev–Trinajstić information content (AvgIpc) is 3.69. The molecule has 0 radical (unpaired) electrons. The number of carbonyl (C=O) groups is 1. The van der Waals surface area contributed by atoms with Crippen LogP contribution in [0.4, 0.5) is 10.6 Å². The summed E-state index contributed by atoms with van der Waals surface area (Å²) in [4.78, 5) is 27.9. The molecule has 2 aliphatic rings. The first kappa shape index (κ1) is 44.2. The van der Waals surface area contributed by atoms with E-state index in [0.29, 0.717) is 43.6 Å². The van der Waals surface area contributed by atoms with Gasteiger partial charge in [-0.2, -0.15) is 9.61 Å². The predicted molar refractivity (Wildman–Crippen MR) is 239 cm³/mol. The number of piperidine rings is 1. The maximum Gasteiger partial charge on any atom is 0.410 e. The summed E-state index contributed by atoms with van der Waals surface area (Å²) in [6, 6.07) is 12.0. The van der Waals surface area contributed by atoms with Crippen LogP contribution < -0.4 is 9.64 Å². The molecule has 0 saturated carbocycles. The monoisotopic (exact) mass is 894 g/mol. The minimum absolute atomic E-state index is 0.0725. The number of aromatic nitrogens is 4. The third kappa shape index (κ3) is 10.7. The summed E-state index contributed by atoms with van der Waals surface area (Å²) in [6.45, 7) is 21.8. The average molecular weight is 896 g/mol. The van der Waals surface area contributed by atoms with Crippen molar-refractivity contribution in [2.45, 2.75) is 128 Å². The molecule has 2 fully saturated rings. The number of pyridine rings is 1. The van der Waals surface area contributed by atoms with Gasteiger partial charge >= 0.3 is 6.09 Å². The predicted octanol–water partition coefficient (Wildman–Crippen LogP) is 9.80. The van der Waals surface area contributed by atoms with E-state index < -0.39 is 21.7 Å². The zero-order chi connectivity index (χ0) is 42.0. The Hall–Kier alpha value is -3.35. The number of amides is 1. The molecule has 4 aromatic rings. The molecule has 2 aliphatic heterocycles. The minimum Gasteiger partial charge on any atom is -0.496 e. The van der Waals surface area contributed by atoms with Gasteiger partial charge in [-0.15, -0.1) is 0 Å². The highest BCUT2D eigenvalue weighted by atomic mass is 79.9. The number of halogens is 1. The van der Waals surface area contributed by atoms with Crippen molar-refractivity contribution in [2.75, 3.05) is 38.7 Å². The van der Waals surface area contributed by atoms with E-state index in [-0.39, 0.29) is 30.7 Å². The summed E-state index contributed by atoms with van der Waals surface area (Å²) < 4.78 is 26.9. The lowest BCUT2D eigenvalue weighted by Crippen LogP contribution is -2.48. The Kier molecular flexibility index (Phi) is 13.8. The fourth-order valence-electron chi connectivity index (χ4n) is 7.79. The molecule has 6 rings (SSSR count). The number of hydrogen-bond acceptors (Lipinski definition) is 10. The van der Waals surface area contributed by atoms with Crippen molar-refractivity contribution >= 4 is 49.6 Å². The molecule has 1 unspecified atom stereocenters. The smallest absolute Gasteiger partial charge is 0.410 e. The first-order valence-electron chi connectivity index (χ1n) is 20.6. The van der Waals surface area contributed by atoms with Gasteiger partial charge in [-0.1, -0.05) is 45.3 Å². The Morgan fingerprint density at radius 1 is 0.931 bits per heavy atom. The highest BCUT2D eigenvalue weighted by molar-refractivity contribution is 9.10. The van der Waals surface area contributed by atoms with E-state index >= 15 is 0 Å². The van der Waals surface area contributed by atoms with E-state index in [4.69, 9.17) is 34.0 Å². The Bertz CT molecular complexity index is 2010. The first-order valence-corrected chi connectivity index (χ1v) is 28.8. The molecule has 0 spiro atoms. The zero-order valence-corrected chi connectivity index (χ0v) is 39.7. The van der Waals surface area contributed by atoms with E-state index in [1.807, 2.05) is 72.9 Å². The summed E-state index contributed by atoms with van der Waals surface area (Å²) in [5.74, 6) is 1.56. The van der Waals surface area contributed by atoms with Crippen molar-refractivity contribution < 1.29 is 28.8 Å². The topological polar surface area (TPSA) is 124 Å². The van der Waals surface area contributed by atoms with E-state index in [1.165, 1.54) is 0 Å². The number of aliphatic hydroxyl groups is 1. The number of fused-ring (bicyclic) bond motifs is 3. The lowest BCUT2D eigenvalue weighted by Gasteiger charge is -2.39. The van der Waals surface area contributed by atoms with Crippen LogP contribution in [-0.2, 0) is 20.8 Å². The lowest BCUT2D eigenvalue weighted by atomic mass is 9.88. The van der Waals surface area contributed by atoms with Gasteiger partial charge in [-0.25, -0.2) is 9.78 Å². The molecule has 316 valence electrons. The van der Waals surface area contributed by atoms with Gasteiger partial charge in [0.2, 0.25) is 0 Å². The van der Waals surface area contributed by atoms with Crippen molar-refractivity contribution in [1.29, 1.82) is 0 Å². The van der Waals surface area contributed by atoms with Crippen LogP contribution in [0.3, 0.4) is 0 Å². The van der Waals surface area contributed by atoms with Crippen molar-refractivity contribution in [3.8, 4) is 28.1 Å². The van der Waals surface area contributed by atoms with Crippen LogP contribution in [0.5, 0.6) is 5.75 Å². The highest BCUT2D eigenvalue weighted by Gasteiger charge is 2.46. The molecule has 15 heteroatoms. The zero-order valence-electron chi connectivity index (χ0n) is 36.1. The number of aliphatic hydroxyl groups excluding tert-OH is 1. The van der Waals surface area contributed by atoms with Gasteiger partial charge in [0.25, 0.3) is 0 Å². The van der Waals surface area contributed by atoms with Crippen molar-refractivity contribution in [3.63, 3.8) is 0 Å². The number of methoxy groups -OCH3 is 1. The number of rotatable bonds is 16. The summed E-state index contributed by atoms with van der Waals surface area (Å²) in [6.07, 6.45) is 6.95. The van der Waals surface area contributed by atoms with Crippen molar-refractivity contribution in [3.05, 3.63) is 58.5 Å². The maximum atomic E-state index is 13.4. The first-order chi connectivity index (χ1) is 27.4. The lowest BCUT2D eigenvalue weighted by molar-refractivity contribution is 0.00566. The van der Waals surface area contributed by atoms with Gasteiger partial charge in [-0.05, 0) is 98.7 Å². The number of benzene rings is 1. The Morgan fingerprint density at radius 2 is 1.55 bits per heavy atom. The molecular weight excluding hydrogens is 833 g/mol. The second-order valence-electron chi connectivity index (χ2n) is 19.2. The van der Waals surface area contributed by atoms with Gasteiger partial charge in [0.05, 0.1) is 35.8 Å². The molecule has 5 heterocycles. The van der Waals surface area contributed by atoms with E-state index in [1.54, 1.807) is 7.11 Å². The highest BCUT2D eigenvalue weighted by Crippen LogP contribution is 2.47. The van der Waals surface area contributed by atoms with E-state index in [0.717, 1.165) is 76.1 Å². The van der Waals surface area contributed by atoms with Gasteiger partial charge in [0, 0.05) is 75.8 Å². The quantitative estimate of drug-likeness (QED) is 0.0661. The van der Waals surface area contributed by atoms with Crippen LogP contribution in [0, 0.1) is 0 Å². The Morgan fingerprint density at radius 3 is 2.09 bits per heavy atom. The summed E-state index contributed by atoms with van der Waals surface area (Å²) in [5, 5.41) is 14.9. The number of ether oxygens (including phenoxy) is 4. The summed E-state index contributed by atoms with van der Waals surface area (Å²) in [7, 11) is -1.04. The molecule has 1 amide bonds. The SMILES string of the molecule is COc1ccc(-c2ccc(-c3cnn4c(N(COCC[Si](C)(C)C)COCC[Si](C)(C)C)c(Br)c(C5C[C@H]6CC[C@@H](C5)N6C(=O)OC(C)(C)C)nc34)cn2)cc1CO. The van der Waals surface area contributed by atoms with Crippen LogP contribution in [0.25, 0.3) is 28.0 Å². The van der Waals surface area contributed by atoms with Crippen LogP contribution in [0.1, 0.15) is 63.6 Å². The van der Waals surface area contributed by atoms with Gasteiger partial charge in [-0.3, -0.25) is 4.98 Å². The van der Waals surface area contributed by atoms with Gasteiger partial charge in [0.15, 0.2) is 11.5 Å². The van der Waals surface area contributed by atoms with E-state index in [2.05, 4.69) is 60.1 Å². The maximum absolute atomic E-state index is 13.4. The molecule has 12 nitrogen and oxygen atoms in total. The van der Waals surface area contributed by atoms with Crippen LogP contribution >= 0.6 is 15.9 Å². The minimum atomic E-state index is -1.32. The third-order valence-electron chi connectivity index (χ3n) is 10.9. The largest absolute Gasteiger partial charge is 0.496 e.